The maximum Gasteiger partial charge on any atom is 0.274 e. The Hall–Kier alpha value is -2.05. The summed E-state index contributed by atoms with van der Waals surface area (Å²) >= 11 is 0. The van der Waals surface area contributed by atoms with E-state index in [1.165, 1.54) is 6.42 Å². The molecule has 0 aromatic carbocycles. The minimum Gasteiger partial charge on any atom is -0.409 e. The zero-order valence-electron chi connectivity index (χ0n) is 12.3. The summed E-state index contributed by atoms with van der Waals surface area (Å²) in [5.74, 6) is 0.257. The summed E-state index contributed by atoms with van der Waals surface area (Å²) in [6.07, 6.45) is 6.51. The second-order valence-electron chi connectivity index (χ2n) is 5.61. The number of oxime groups is 1. The quantitative estimate of drug-likeness (QED) is 0.341. The van der Waals surface area contributed by atoms with Crippen LogP contribution in [-0.2, 0) is 0 Å². The Morgan fingerprint density at radius 3 is 2.52 bits per heavy atom. The maximum atomic E-state index is 12.3. The Morgan fingerprint density at radius 1 is 1.38 bits per heavy atom. The molecule has 7 nitrogen and oxygen atoms in total. The highest BCUT2D eigenvalue weighted by atomic mass is 16.5. The predicted octanol–water partition coefficient (Wildman–Crippen LogP) is 1.94. The van der Waals surface area contributed by atoms with Gasteiger partial charge in [0, 0.05) is 6.07 Å². The Balaban J connectivity index is 2.20. The normalized spacial score (nSPS) is 19.6. The van der Waals surface area contributed by atoms with Gasteiger partial charge in [0.1, 0.15) is 11.3 Å². The molecule has 0 spiro atoms. The van der Waals surface area contributed by atoms with Crippen LogP contribution in [0.25, 0.3) is 0 Å². The van der Waals surface area contributed by atoms with Crippen molar-refractivity contribution in [2.75, 3.05) is 0 Å². The van der Waals surface area contributed by atoms with Gasteiger partial charge < -0.3 is 20.8 Å². The van der Waals surface area contributed by atoms with Crippen molar-refractivity contribution in [2.24, 2.45) is 10.9 Å². The SMILES string of the molecule is Cc1cc(C(=O)NC2(C(N)=NO)CCCCCCC2)no1. The van der Waals surface area contributed by atoms with Gasteiger partial charge in [-0.2, -0.15) is 0 Å². The average Bonchev–Trinajstić information content (AvgIpc) is 2.88. The Kier molecular flexibility index (Phi) is 4.82. The van der Waals surface area contributed by atoms with Gasteiger partial charge in [0.15, 0.2) is 11.5 Å². The lowest BCUT2D eigenvalue weighted by atomic mass is 9.82. The number of aromatic nitrogens is 1. The summed E-state index contributed by atoms with van der Waals surface area (Å²) in [5.41, 5.74) is 5.28. The van der Waals surface area contributed by atoms with Crippen LogP contribution in [0.1, 0.15) is 61.2 Å². The monoisotopic (exact) mass is 294 g/mol. The molecule has 0 radical (unpaired) electrons. The minimum absolute atomic E-state index is 0.0537. The van der Waals surface area contributed by atoms with Gasteiger partial charge in [0.05, 0.1) is 0 Å². The largest absolute Gasteiger partial charge is 0.409 e. The lowest BCUT2D eigenvalue weighted by molar-refractivity contribution is 0.0901. The van der Waals surface area contributed by atoms with Crippen molar-refractivity contribution in [3.05, 3.63) is 17.5 Å². The van der Waals surface area contributed by atoms with E-state index in [2.05, 4.69) is 15.6 Å². The standard InChI is InChI=1S/C14H22N4O3/c1-10-9-11(18-21-10)12(19)16-14(13(15)17-20)7-5-3-2-4-6-8-14/h9,20H,2-8H2,1H3,(H2,15,17)(H,16,19). The lowest BCUT2D eigenvalue weighted by Crippen LogP contribution is -2.57. The molecular weight excluding hydrogens is 272 g/mol. The zero-order chi connectivity index (χ0) is 15.3. The highest BCUT2D eigenvalue weighted by molar-refractivity contribution is 5.99. The van der Waals surface area contributed by atoms with Crippen LogP contribution in [-0.4, -0.2) is 27.6 Å². The third-order valence-corrected chi connectivity index (χ3v) is 4.02. The number of hydrogen-bond donors (Lipinski definition) is 3. The summed E-state index contributed by atoms with van der Waals surface area (Å²) < 4.78 is 4.92. The smallest absolute Gasteiger partial charge is 0.274 e. The molecule has 1 aliphatic carbocycles. The van der Waals surface area contributed by atoms with Crippen molar-refractivity contribution < 1.29 is 14.5 Å². The van der Waals surface area contributed by atoms with Crippen molar-refractivity contribution in [1.82, 2.24) is 10.5 Å². The fourth-order valence-electron chi connectivity index (χ4n) is 2.80. The zero-order valence-corrected chi connectivity index (χ0v) is 12.3. The molecule has 1 aromatic rings. The second kappa shape index (κ2) is 6.60. The first kappa shape index (κ1) is 15.3. The molecular formula is C14H22N4O3. The fourth-order valence-corrected chi connectivity index (χ4v) is 2.80. The first-order valence-corrected chi connectivity index (χ1v) is 7.31. The van der Waals surface area contributed by atoms with E-state index in [-0.39, 0.29) is 17.4 Å². The Morgan fingerprint density at radius 2 is 2.00 bits per heavy atom. The molecule has 2 rings (SSSR count). The molecule has 0 atom stereocenters. The average molecular weight is 294 g/mol. The fraction of sp³-hybridized carbons (Fsp3) is 0.643. The molecule has 21 heavy (non-hydrogen) atoms. The van der Waals surface area contributed by atoms with Crippen LogP contribution in [0.15, 0.2) is 15.7 Å². The molecule has 0 unspecified atom stereocenters. The molecule has 1 saturated carbocycles. The minimum atomic E-state index is -0.806. The number of nitrogens with two attached hydrogens (primary N) is 1. The van der Waals surface area contributed by atoms with Gasteiger partial charge in [-0.3, -0.25) is 4.79 Å². The molecule has 1 amide bonds. The third-order valence-electron chi connectivity index (χ3n) is 4.02. The van der Waals surface area contributed by atoms with Gasteiger partial charge in [-0.05, 0) is 19.8 Å². The Labute approximate surface area is 123 Å². The number of nitrogens with zero attached hydrogens (tertiary/aromatic N) is 2. The van der Waals surface area contributed by atoms with Crippen molar-refractivity contribution in [3.8, 4) is 0 Å². The number of nitrogens with one attached hydrogen (secondary N) is 1. The number of amides is 1. The third kappa shape index (κ3) is 3.53. The van der Waals surface area contributed by atoms with Crippen LogP contribution in [0.4, 0.5) is 0 Å². The second-order valence-corrected chi connectivity index (χ2v) is 5.61. The molecule has 0 bridgehead atoms. The first-order valence-electron chi connectivity index (χ1n) is 7.31. The van der Waals surface area contributed by atoms with Crippen LogP contribution in [0.2, 0.25) is 0 Å². The van der Waals surface area contributed by atoms with Gasteiger partial charge in [0.2, 0.25) is 0 Å². The van der Waals surface area contributed by atoms with Crippen molar-refractivity contribution >= 4 is 11.7 Å². The van der Waals surface area contributed by atoms with E-state index in [0.717, 1.165) is 25.7 Å². The van der Waals surface area contributed by atoms with E-state index < -0.39 is 5.54 Å². The van der Waals surface area contributed by atoms with E-state index in [1.54, 1.807) is 13.0 Å². The number of aryl methyl sites for hydroxylation is 1. The molecule has 1 heterocycles. The van der Waals surface area contributed by atoms with Crippen molar-refractivity contribution in [1.29, 1.82) is 0 Å². The molecule has 7 heteroatoms. The molecule has 116 valence electrons. The number of carbonyl (C=O) groups is 1. The molecule has 0 saturated heterocycles. The molecule has 1 fully saturated rings. The lowest BCUT2D eigenvalue weighted by Gasteiger charge is -2.34. The number of carbonyl (C=O) groups excluding carboxylic acids is 1. The molecule has 4 N–H and O–H groups in total. The van der Waals surface area contributed by atoms with Crippen molar-refractivity contribution in [2.45, 2.75) is 57.4 Å². The molecule has 0 aliphatic heterocycles. The van der Waals surface area contributed by atoms with Crippen LogP contribution in [0, 0.1) is 6.92 Å². The maximum absolute atomic E-state index is 12.3. The van der Waals surface area contributed by atoms with Gasteiger partial charge in [-0.25, -0.2) is 0 Å². The van der Waals surface area contributed by atoms with E-state index in [9.17, 15) is 4.79 Å². The predicted molar refractivity (Wildman–Crippen MR) is 77.2 cm³/mol. The summed E-state index contributed by atoms with van der Waals surface area (Å²) in [4.78, 5) is 12.3. The van der Waals surface area contributed by atoms with Crippen LogP contribution in [0.5, 0.6) is 0 Å². The topological polar surface area (TPSA) is 114 Å². The van der Waals surface area contributed by atoms with Gasteiger partial charge in [-0.15, -0.1) is 0 Å². The van der Waals surface area contributed by atoms with E-state index in [0.29, 0.717) is 18.6 Å². The Bertz CT molecular complexity index is 516. The van der Waals surface area contributed by atoms with Crippen molar-refractivity contribution in [3.63, 3.8) is 0 Å². The van der Waals surface area contributed by atoms with E-state index >= 15 is 0 Å². The first-order chi connectivity index (χ1) is 10.1. The summed E-state index contributed by atoms with van der Waals surface area (Å²) in [6.45, 7) is 1.72. The van der Waals surface area contributed by atoms with Crippen LogP contribution in [0.3, 0.4) is 0 Å². The number of amidine groups is 1. The number of rotatable bonds is 3. The van der Waals surface area contributed by atoms with E-state index in [1.807, 2.05) is 0 Å². The summed E-state index contributed by atoms with van der Waals surface area (Å²) in [6, 6.07) is 1.57. The van der Waals surface area contributed by atoms with E-state index in [4.69, 9.17) is 15.5 Å². The van der Waals surface area contributed by atoms with Crippen LogP contribution < -0.4 is 11.1 Å². The van der Waals surface area contributed by atoms with Gasteiger partial charge >= 0.3 is 0 Å². The van der Waals surface area contributed by atoms with Gasteiger partial charge in [-0.1, -0.05) is 42.4 Å². The molecule has 1 aromatic heterocycles. The summed E-state index contributed by atoms with van der Waals surface area (Å²) in [5, 5.41) is 18.8. The summed E-state index contributed by atoms with van der Waals surface area (Å²) in [7, 11) is 0. The molecule has 1 aliphatic rings. The highest BCUT2D eigenvalue weighted by Crippen LogP contribution is 2.27. The van der Waals surface area contributed by atoms with Crippen LogP contribution >= 0.6 is 0 Å². The van der Waals surface area contributed by atoms with Gasteiger partial charge in [0.25, 0.3) is 5.91 Å². The highest BCUT2D eigenvalue weighted by Gasteiger charge is 2.37. The number of hydrogen-bond acceptors (Lipinski definition) is 5.